The summed E-state index contributed by atoms with van der Waals surface area (Å²) in [5.41, 5.74) is 0.169. The summed E-state index contributed by atoms with van der Waals surface area (Å²) in [5.74, 6) is -0.841. The average molecular weight is 212 g/mol. The molecule has 1 heterocycles. The number of aromatic nitrogens is 1. The van der Waals surface area contributed by atoms with Crippen molar-refractivity contribution in [2.24, 2.45) is 0 Å². The number of carbonyl (C=O) groups is 1. The number of carbonyl (C=O) groups excluding carboxylic acids is 1. The van der Waals surface area contributed by atoms with Crippen molar-refractivity contribution in [1.82, 2.24) is 10.3 Å². The molecule has 0 radical (unpaired) electrons. The summed E-state index contributed by atoms with van der Waals surface area (Å²) < 4.78 is 12.5. The van der Waals surface area contributed by atoms with E-state index < -0.39 is 11.9 Å². The Bertz CT molecular complexity index is 325. The highest BCUT2D eigenvalue weighted by atomic mass is 19.1. The first kappa shape index (κ1) is 11.6. The number of aliphatic hydroxyl groups excluding tert-OH is 1. The summed E-state index contributed by atoms with van der Waals surface area (Å²) in [5, 5.41) is 11.5. The highest BCUT2D eigenvalue weighted by Crippen LogP contribution is 1.98. The fourth-order valence-corrected chi connectivity index (χ4v) is 0.995. The molecule has 1 atom stereocenters. The molecule has 0 bridgehead atoms. The number of pyridine rings is 1. The van der Waals surface area contributed by atoms with Gasteiger partial charge in [-0.15, -0.1) is 0 Å². The number of hydrogen-bond donors (Lipinski definition) is 2. The van der Waals surface area contributed by atoms with Crippen molar-refractivity contribution in [3.05, 3.63) is 29.8 Å². The van der Waals surface area contributed by atoms with Crippen LogP contribution in [0, 0.1) is 5.82 Å². The Hall–Kier alpha value is -1.49. The molecule has 4 nitrogen and oxygen atoms in total. The number of amides is 1. The second-order valence-electron chi connectivity index (χ2n) is 3.26. The van der Waals surface area contributed by atoms with Gasteiger partial charge in [-0.05, 0) is 25.5 Å². The van der Waals surface area contributed by atoms with Gasteiger partial charge in [0.05, 0.1) is 12.3 Å². The molecule has 2 N–H and O–H groups in total. The first-order valence-electron chi connectivity index (χ1n) is 4.67. The topological polar surface area (TPSA) is 62.2 Å². The second kappa shape index (κ2) is 5.41. The second-order valence-corrected chi connectivity index (χ2v) is 3.26. The monoisotopic (exact) mass is 212 g/mol. The molecule has 0 spiro atoms. The van der Waals surface area contributed by atoms with Crippen LogP contribution >= 0.6 is 0 Å². The number of aliphatic hydroxyl groups is 1. The van der Waals surface area contributed by atoms with E-state index in [0.717, 1.165) is 6.20 Å². The largest absolute Gasteiger partial charge is 0.393 e. The molecule has 1 aromatic rings. The van der Waals surface area contributed by atoms with Crippen molar-refractivity contribution in [2.45, 2.75) is 19.4 Å². The summed E-state index contributed by atoms with van der Waals surface area (Å²) in [6, 6.07) is 2.49. The van der Waals surface area contributed by atoms with Gasteiger partial charge in [0.25, 0.3) is 5.91 Å². The van der Waals surface area contributed by atoms with Crippen molar-refractivity contribution >= 4 is 5.91 Å². The standard InChI is InChI=1S/C10H13FN2O2/c1-7(14)4-5-12-10(15)9-3-2-8(11)6-13-9/h2-3,6-7,14H,4-5H2,1H3,(H,12,15). The van der Waals surface area contributed by atoms with Crippen molar-refractivity contribution < 1.29 is 14.3 Å². The van der Waals surface area contributed by atoms with E-state index in [0.29, 0.717) is 13.0 Å². The lowest BCUT2D eigenvalue weighted by Crippen LogP contribution is -2.27. The highest BCUT2D eigenvalue weighted by Gasteiger charge is 2.06. The van der Waals surface area contributed by atoms with Crippen LogP contribution in [0.15, 0.2) is 18.3 Å². The molecule has 0 fully saturated rings. The van der Waals surface area contributed by atoms with Crippen LogP contribution in [-0.2, 0) is 0 Å². The van der Waals surface area contributed by atoms with E-state index in [1.807, 2.05) is 0 Å². The van der Waals surface area contributed by atoms with Gasteiger partial charge in [0, 0.05) is 6.54 Å². The van der Waals surface area contributed by atoms with Crippen LogP contribution in [0.5, 0.6) is 0 Å². The van der Waals surface area contributed by atoms with Gasteiger partial charge in [-0.2, -0.15) is 0 Å². The van der Waals surface area contributed by atoms with Gasteiger partial charge in [-0.25, -0.2) is 9.37 Å². The highest BCUT2D eigenvalue weighted by molar-refractivity contribution is 5.92. The third-order valence-corrected chi connectivity index (χ3v) is 1.81. The molecule has 0 aliphatic carbocycles. The maximum Gasteiger partial charge on any atom is 0.269 e. The van der Waals surface area contributed by atoms with Crippen LogP contribution in [0.25, 0.3) is 0 Å². The molecule has 0 aliphatic heterocycles. The van der Waals surface area contributed by atoms with Crippen molar-refractivity contribution in [1.29, 1.82) is 0 Å². The summed E-state index contributed by atoms with van der Waals surface area (Å²) in [7, 11) is 0. The quantitative estimate of drug-likeness (QED) is 0.773. The number of nitrogens with one attached hydrogen (secondary N) is 1. The zero-order chi connectivity index (χ0) is 11.3. The minimum absolute atomic E-state index is 0.169. The lowest BCUT2D eigenvalue weighted by molar-refractivity contribution is 0.0940. The van der Waals surface area contributed by atoms with Gasteiger partial charge in [-0.3, -0.25) is 4.79 Å². The van der Waals surface area contributed by atoms with E-state index >= 15 is 0 Å². The van der Waals surface area contributed by atoms with Crippen molar-refractivity contribution in [2.75, 3.05) is 6.54 Å². The minimum Gasteiger partial charge on any atom is -0.393 e. The fraction of sp³-hybridized carbons (Fsp3) is 0.400. The number of hydrogen-bond acceptors (Lipinski definition) is 3. The van der Waals surface area contributed by atoms with E-state index in [1.54, 1.807) is 6.92 Å². The van der Waals surface area contributed by atoms with Gasteiger partial charge < -0.3 is 10.4 Å². The zero-order valence-electron chi connectivity index (χ0n) is 8.40. The van der Waals surface area contributed by atoms with E-state index in [2.05, 4.69) is 10.3 Å². The number of halogens is 1. The van der Waals surface area contributed by atoms with Gasteiger partial charge >= 0.3 is 0 Å². The Morgan fingerprint density at radius 1 is 1.67 bits per heavy atom. The van der Waals surface area contributed by atoms with Crippen molar-refractivity contribution in [3.63, 3.8) is 0 Å². The van der Waals surface area contributed by atoms with E-state index in [1.165, 1.54) is 12.1 Å². The van der Waals surface area contributed by atoms with Crippen molar-refractivity contribution in [3.8, 4) is 0 Å². The third kappa shape index (κ3) is 4.03. The van der Waals surface area contributed by atoms with E-state index in [4.69, 9.17) is 5.11 Å². The van der Waals surface area contributed by atoms with E-state index in [-0.39, 0.29) is 11.6 Å². The molecule has 1 unspecified atom stereocenters. The third-order valence-electron chi connectivity index (χ3n) is 1.81. The average Bonchev–Trinajstić information content (AvgIpc) is 2.18. The van der Waals surface area contributed by atoms with Crippen LogP contribution in [0.2, 0.25) is 0 Å². The molecule has 15 heavy (non-hydrogen) atoms. The summed E-state index contributed by atoms with van der Waals surface area (Å²) in [6.07, 6.45) is 1.02. The molecular formula is C10H13FN2O2. The van der Waals surface area contributed by atoms with Crippen LogP contribution in [0.1, 0.15) is 23.8 Å². The summed E-state index contributed by atoms with van der Waals surface area (Å²) in [4.78, 5) is 15.0. The minimum atomic E-state index is -0.476. The Morgan fingerprint density at radius 3 is 2.93 bits per heavy atom. The normalized spacial score (nSPS) is 12.2. The van der Waals surface area contributed by atoms with Crippen LogP contribution in [-0.4, -0.2) is 28.6 Å². The zero-order valence-corrected chi connectivity index (χ0v) is 8.40. The van der Waals surface area contributed by atoms with Crippen LogP contribution in [0.4, 0.5) is 4.39 Å². The lowest BCUT2D eigenvalue weighted by Gasteiger charge is -2.05. The molecule has 82 valence electrons. The Balaban J connectivity index is 2.43. The molecule has 5 heteroatoms. The van der Waals surface area contributed by atoms with Crippen LogP contribution < -0.4 is 5.32 Å². The maximum atomic E-state index is 12.5. The van der Waals surface area contributed by atoms with Gasteiger partial charge in [0.15, 0.2) is 0 Å². The molecule has 1 rings (SSSR count). The van der Waals surface area contributed by atoms with Gasteiger partial charge in [0.2, 0.25) is 0 Å². The SMILES string of the molecule is CC(O)CCNC(=O)c1ccc(F)cn1. The molecule has 1 amide bonds. The Kier molecular flexibility index (Phi) is 4.17. The lowest BCUT2D eigenvalue weighted by atomic mass is 10.3. The molecule has 1 aromatic heterocycles. The molecule has 0 aromatic carbocycles. The maximum absolute atomic E-state index is 12.5. The number of rotatable bonds is 4. The molecule has 0 aliphatic rings. The van der Waals surface area contributed by atoms with Gasteiger partial charge in [-0.1, -0.05) is 0 Å². The summed E-state index contributed by atoms with van der Waals surface area (Å²) in [6.45, 7) is 2.01. The number of nitrogens with zero attached hydrogens (tertiary/aromatic N) is 1. The van der Waals surface area contributed by atoms with Crippen LogP contribution in [0.3, 0.4) is 0 Å². The first-order valence-corrected chi connectivity index (χ1v) is 4.67. The summed E-state index contributed by atoms with van der Waals surface area (Å²) >= 11 is 0. The smallest absolute Gasteiger partial charge is 0.269 e. The predicted molar refractivity (Wildman–Crippen MR) is 52.8 cm³/mol. The van der Waals surface area contributed by atoms with Gasteiger partial charge in [0.1, 0.15) is 11.5 Å². The Labute approximate surface area is 87.1 Å². The van der Waals surface area contributed by atoms with E-state index in [9.17, 15) is 9.18 Å². The first-order chi connectivity index (χ1) is 7.09. The molecule has 0 saturated heterocycles. The fourth-order valence-electron chi connectivity index (χ4n) is 0.995. The molecular weight excluding hydrogens is 199 g/mol. The Morgan fingerprint density at radius 2 is 2.40 bits per heavy atom. The predicted octanol–water partition coefficient (Wildman–Crippen LogP) is 0.721. The molecule has 0 saturated carbocycles.